The van der Waals surface area contributed by atoms with E-state index in [9.17, 15) is 0 Å². The Morgan fingerprint density at radius 3 is 1.37 bits per heavy atom. The zero-order valence-corrected chi connectivity index (χ0v) is 16.8. The smallest absolute Gasteiger partial charge is 0.212 e. The van der Waals surface area contributed by atoms with Crippen molar-refractivity contribution in [2.24, 2.45) is 14.1 Å². The Morgan fingerprint density at radius 2 is 0.900 bits per heavy atom. The van der Waals surface area contributed by atoms with Crippen LogP contribution in [0.2, 0.25) is 0 Å². The second-order valence-electron chi connectivity index (χ2n) is 7.72. The van der Waals surface area contributed by atoms with Crippen LogP contribution in [-0.4, -0.2) is 0 Å². The SMILES string of the molecule is C[n+]1ccc2c(c1)Oc1ccccc1C2=C1c2ccccc2Oc2c[n+](C)ccc21. The van der Waals surface area contributed by atoms with Gasteiger partial charge in [-0.25, -0.2) is 9.13 Å². The van der Waals surface area contributed by atoms with Crippen molar-refractivity contribution in [2.75, 3.05) is 0 Å². The fourth-order valence-electron chi connectivity index (χ4n) is 4.31. The van der Waals surface area contributed by atoms with Crippen LogP contribution in [0.25, 0.3) is 11.1 Å². The lowest BCUT2D eigenvalue weighted by molar-refractivity contribution is -0.671. The monoisotopic (exact) mass is 392 g/mol. The number of hydrogen-bond donors (Lipinski definition) is 0. The summed E-state index contributed by atoms with van der Waals surface area (Å²) in [5.41, 5.74) is 6.67. The highest BCUT2D eigenvalue weighted by atomic mass is 16.5. The van der Waals surface area contributed by atoms with Crippen molar-refractivity contribution < 1.29 is 18.6 Å². The Morgan fingerprint density at radius 1 is 0.500 bits per heavy atom. The summed E-state index contributed by atoms with van der Waals surface area (Å²) in [6.07, 6.45) is 8.19. The molecular weight excluding hydrogens is 372 g/mol. The molecule has 0 atom stereocenters. The van der Waals surface area contributed by atoms with Crippen LogP contribution < -0.4 is 18.6 Å². The van der Waals surface area contributed by atoms with Crippen molar-refractivity contribution in [1.29, 1.82) is 0 Å². The summed E-state index contributed by atoms with van der Waals surface area (Å²) in [7, 11) is 4.02. The Hall–Kier alpha value is -3.92. The number of para-hydroxylation sites is 2. The van der Waals surface area contributed by atoms with Gasteiger partial charge in [0.05, 0.1) is 0 Å². The third kappa shape index (κ3) is 2.47. The van der Waals surface area contributed by atoms with E-state index >= 15 is 0 Å². The lowest BCUT2D eigenvalue weighted by Crippen LogP contribution is -2.28. The van der Waals surface area contributed by atoms with Gasteiger partial charge in [-0.2, -0.15) is 0 Å². The molecule has 2 aromatic heterocycles. The molecule has 0 N–H and O–H groups in total. The molecule has 0 fully saturated rings. The van der Waals surface area contributed by atoms with Crippen LogP contribution in [0.5, 0.6) is 23.0 Å². The maximum absolute atomic E-state index is 6.28. The van der Waals surface area contributed by atoms with Crippen molar-refractivity contribution in [3.8, 4) is 23.0 Å². The van der Waals surface area contributed by atoms with Gasteiger partial charge in [-0.05, 0) is 12.1 Å². The van der Waals surface area contributed by atoms with E-state index < -0.39 is 0 Å². The van der Waals surface area contributed by atoms with E-state index in [0.717, 1.165) is 45.3 Å². The lowest BCUT2D eigenvalue weighted by Gasteiger charge is -2.28. The zero-order valence-electron chi connectivity index (χ0n) is 16.8. The molecule has 2 aliphatic rings. The van der Waals surface area contributed by atoms with Gasteiger partial charge >= 0.3 is 0 Å². The van der Waals surface area contributed by atoms with Crippen LogP contribution in [0.3, 0.4) is 0 Å². The minimum atomic E-state index is 0.855. The van der Waals surface area contributed by atoms with Crippen LogP contribution >= 0.6 is 0 Å². The number of benzene rings is 2. The maximum atomic E-state index is 6.28. The van der Waals surface area contributed by atoms with E-state index in [-0.39, 0.29) is 0 Å². The predicted octanol–water partition coefficient (Wildman–Crippen LogP) is 4.55. The van der Waals surface area contributed by atoms with Gasteiger partial charge < -0.3 is 9.47 Å². The summed E-state index contributed by atoms with van der Waals surface area (Å²) in [4.78, 5) is 0. The summed E-state index contributed by atoms with van der Waals surface area (Å²) in [6.45, 7) is 0. The van der Waals surface area contributed by atoms with Gasteiger partial charge in [-0.3, -0.25) is 0 Å². The molecule has 4 nitrogen and oxygen atoms in total. The first-order valence-electron chi connectivity index (χ1n) is 9.97. The first-order valence-corrected chi connectivity index (χ1v) is 9.97. The molecule has 2 aliphatic heterocycles. The Labute approximate surface area is 174 Å². The molecule has 0 radical (unpaired) electrons. The average molecular weight is 392 g/mol. The topological polar surface area (TPSA) is 26.2 Å². The van der Waals surface area contributed by atoms with Gasteiger partial charge in [-0.15, -0.1) is 0 Å². The first-order chi connectivity index (χ1) is 14.7. The zero-order chi connectivity index (χ0) is 20.2. The van der Waals surface area contributed by atoms with E-state index in [1.807, 2.05) is 59.9 Å². The minimum Gasteiger partial charge on any atom is -0.450 e. The van der Waals surface area contributed by atoms with Crippen molar-refractivity contribution in [3.63, 3.8) is 0 Å². The van der Waals surface area contributed by atoms with Gasteiger partial charge in [0.1, 0.15) is 25.6 Å². The second kappa shape index (κ2) is 6.29. The van der Waals surface area contributed by atoms with Crippen molar-refractivity contribution >= 4 is 11.1 Å². The van der Waals surface area contributed by atoms with Gasteiger partial charge in [0, 0.05) is 45.5 Å². The molecule has 144 valence electrons. The Bertz CT molecular complexity index is 1270. The summed E-state index contributed by atoms with van der Waals surface area (Å²) in [6, 6.07) is 20.8. The highest BCUT2D eigenvalue weighted by molar-refractivity contribution is 6.09. The van der Waals surface area contributed by atoms with E-state index in [1.54, 1.807) is 0 Å². The largest absolute Gasteiger partial charge is 0.450 e. The van der Waals surface area contributed by atoms with Crippen LogP contribution in [0.15, 0.2) is 85.5 Å². The molecular formula is C26H20N2O2+2. The Kier molecular flexibility index (Phi) is 3.56. The van der Waals surface area contributed by atoms with E-state index in [2.05, 4.69) is 48.8 Å². The molecule has 6 rings (SSSR count). The summed E-state index contributed by atoms with van der Waals surface area (Å²) in [5.74, 6) is 3.44. The van der Waals surface area contributed by atoms with Crippen LogP contribution in [-0.2, 0) is 14.1 Å². The second-order valence-corrected chi connectivity index (χ2v) is 7.72. The fraction of sp³-hybridized carbons (Fsp3) is 0.0769. The summed E-state index contributed by atoms with van der Waals surface area (Å²) in [5, 5.41) is 0. The quantitative estimate of drug-likeness (QED) is 0.355. The van der Waals surface area contributed by atoms with Gasteiger partial charge in [0.15, 0.2) is 23.9 Å². The third-order valence-electron chi connectivity index (χ3n) is 5.67. The highest BCUT2D eigenvalue weighted by Gasteiger charge is 2.32. The Balaban J connectivity index is 1.78. The van der Waals surface area contributed by atoms with Crippen molar-refractivity contribution in [2.45, 2.75) is 0 Å². The minimum absolute atomic E-state index is 0.855. The molecule has 4 heterocycles. The molecule has 0 saturated heterocycles. The number of hydrogen-bond acceptors (Lipinski definition) is 2. The number of fused-ring (bicyclic) bond motifs is 4. The number of nitrogens with zero attached hydrogens (tertiary/aromatic N) is 2. The van der Waals surface area contributed by atoms with Gasteiger partial charge in [-0.1, -0.05) is 36.4 Å². The van der Waals surface area contributed by atoms with Crippen LogP contribution in [0.1, 0.15) is 22.3 Å². The number of aryl methyl sites for hydroxylation is 2. The molecule has 0 bridgehead atoms. The highest BCUT2D eigenvalue weighted by Crippen LogP contribution is 2.52. The molecule has 0 amide bonds. The number of aromatic nitrogens is 2. The van der Waals surface area contributed by atoms with Crippen molar-refractivity contribution in [1.82, 2.24) is 0 Å². The lowest BCUT2D eigenvalue weighted by atomic mass is 9.83. The molecule has 0 aliphatic carbocycles. The fourth-order valence-corrected chi connectivity index (χ4v) is 4.31. The number of rotatable bonds is 0. The molecule has 4 aromatic rings. The molecule has 0 saturated carbocycles. The van der Waals surface area contributed by atoms with Crippen LogP contribution in [0.4, 0.5) is 0 Å². The molecule has 2 aromatic carbocycles. The van der Waals surface area contributed by atoms with Gasteiger partial charge in [0.25, 0.3) is 0 Å². The van der Waals surface area contributed by atoms with E-state index in [0.29, 0.717) is 0 Å². The number of ether oxygens (including phenoxy) is 2. The van der Waals surface area contributed by atoms with E-state index in [1.165, 1.54) is 11.1 Å². The van der Waals surface area contributed by atoms with Gasteiger partial charge in [0.2, 0.25) is 12.4 Å². The summed E-state index contributed by atoms with van der Waals surface area (Å²) < 4.78 is 16.6. The molecule has 0 unspecified atom stereocenters. The van der Waals surface area contributed by atoms with E-state index in [4.69, 9.17) is 9.47 Å². The normalized spacial score (nSPS) is 15.8. The standard InChI is InChI=1S/C26H20N2O2/c1-27-13-11-19-23(15-27)29-21-9-5-3-7-17(21)25(19)26-18-8-4-6-10-22(18)30-24-16-28(2)14-12-20(24)26/h3-16H,1-2H3/q+2. The molecule has 0 spiro atoms. The number of pyridine rings is 2. The maximum Gasteiger partial charge on any atom is 0.212 e. The third-order valence-corrected chi connectivity index (χ3v) is 5.67. The average Bonchev–Trinajstić information content (AvgIpc) is 2.76. The van der Waals surface area contributed by atoms with Crippen molar-refractivity contribution in [3.05, 3.63) is 108 Å². The molecule has 30 heavy (non-hydrogen) atoms. The summed E-state index contributed by atoms with van der Waals surface area (Å²) >= 11 is 0. The first kappa shape index (κ1) is 17.0. The van der Waals surface area contributed by atoms with Crippen LogP contribution in [0, 0.1) is 0 Å². The molecule has 4 heteroatoms. The predicted molar refractivity (Wildman–Crippen MR) is 113 cm³/mol.